The van der Waals surface area contributed by atoms with Crippen LogP contribution in [-0.2, 0) is 29.2 Å². The predicted octanol–water partition coefficient (Wildman–Crippen LogP) is 4.64. The summed E-state index contributed by atoms with van der Waals surface area (Å²) in [6.45, 7) is 2.04. The standard InChI is InChI=1S/C27H30ClNO3/c28-16-24-26(31-19-22-12-6-2-7-13-22)27(32-20-23-14-8-3-9-15-23)25(30)18-29(24)17-21-10-4-1-5-11-21/h1-15,24-27,30H,16-20H2/t24-,25+,26+,27+/m0/s1. The van der Waals surface area contributed by atoms with Crippen molar-refractivity contribution in [1.82, 2.24) is 4.90 Å². The Kier molecular flexibility index (Phi) is 8.32. The van der Waals surface area contributed by atoms with E-state index in [1.165, 1.54) is 5.56 Å². The maximum absolute atomic E-state index is 11.1. The Morgan fingerprint density at radius 3 is 1.69 bits per heavy atom. The van der Waals surface area contributed by atoms with Gasteiger partial charge in [-0.15, -0.1) is 11.6 Å². The second-order valence-corrected chi connectivity index (χ2v) is 8.54. The van der Waals surface area contributed by atoms with Gasteiger partial charge in [-0.2, -0.15) is 0 Å². The number of rotatable bonds is 9. The van der Waals surface area contributed by atoms with E-state index in [2.05, 4.69) is 17.0 Å². The summed E-state index contributed by atoms with van der Waals surface area (Å²) in [6.07, 6.45) is -1.50. The van der Waals surface area contributed by atoms with Crippen LogP contribution in [0.15, 0.2) is 91.0 Å². The van der Waals surface area contributed by atoms with Gasteiger partial charge in [0.25, 0.3) is 0 Å². The van der Waals surface area contributed by atoms with Crippen LogP contribution in [0.1, 0.15) is 16.7 Å². The van der Waals surface area contributed by atoms with Gasteiger partial charge in [0, 0.05) is 19.0 Å². The van der Waals surface area contributed by atoms with Crippen molar-refractivity contribution in [3.63, 3.8) is 0 Å². The lowest BCUT2D eigenvalue weighted by Gasteiger charge is -2.46. The number of nitrogens with zero attached hydrogens (tertiary/aromatic N) is 1. The molecular formula is C27H30ClNO3. The molecule has 5 heteroatoms. The number of aliphatic hydroxyl groups is 1. The Balaban J connectivity index is 1.53. The summed E-state index contributed by atoms with van der Waals surface area (Å²) in [5.41, 5.74) is 3.33. The lowest BCUT2D eigenvalue weighted by atomic mass is 9.93. The van der Waals surface area contributed by atoms with E-state index in [0.717, 1.165) is 11.1 Å². The molecule has 4 rings (SSSR count). The smallest absolute Gasteiger partial charge is 0.113 e. The maximum Gasteiger partial charge on any atom is 0.113 e. The monoisotopic (exact) mass is 451 g/mol. The molecule has 1 saturated heterocycles. The molecule has 32 heavy (non-hydrogen) atoms. The summed E-state index contributed by atoms with van der Waals surface area (Å²) in [7, 11) is 0. The van der Waals surface area contributed by atoms with Gasteiger partial charge >= 0.3 is 0 Å². The first-order chi connectivity index (χ1) is 15.7. The van der Waals surface area contributed by atoms with Crippen molar-refractivity contribution < 1.29 is 14.6 Å². The van der Waals surface area contributed by atoms with Gasteiger partial charge < -0.3 is 14.6 Å². The molecule has 1 aliphatic rings. The molecule has 0 amide bonds. The lowest BCUT2D eigenvalue weighted by molar-refractivity contribution is -0.185. The molecular weight excluding hydrogens is 422 g/mol. The average molecular weight is 452 g/mol. The number of β-amino-alcohol motifs (C(OH)–C–C–N with tert-alkyl or cyclic N) is 1. The normalized spacial score (nSPS) is 23.8. The summed E-state index contributed by atoms with van der Waals surface area (Å²) in [4.78, 5) is 2.21. The second kappa shape index (κ2) is 11.6. The van der Waals surface area contributed by atoms with E-state index in [1.807, 2.05) is 78.9 Å². The first-order valence-electron chi connectivity index (χ1n) is 11.1. The van der Waals surface area contributed by atoms with Crippen molar-refractivity contribution in [3.8, 4) is 0 Å². The van der Waals surface area contributed by atoms with Crippen LogP contribution in [-0.4, -0.2) is 46.8 Å². The highest BCUT2D eigenvalue weighted by Gasteiger charge is 2.44. The quantitative estimate of drug-likeness (QED) is 0.481. The largest absolute Gasteiger partial charge is 0.389 e. The van der Waals surface area contributed by atoms with E-state index in [0.29, 0.717) is 32.2 Å². The van der Waals surface area contributed by atoms with E-state index in [4.69, 9.17) is 21.1 Å². The molecule has 0 radical (unpaired) electrons. The number of likely N-dealkylation sites (tertiary alicyclic amines) is 1. The van der Waals surface area contributed by atoms with Crippen molar-refractivity contribution in [1.29, 1.82) is 0 Å². The van der Waals surface area contributed by atoms with Crippen molar-refractivity contribution >= 4 is 11.6 Å². The number of hydrogen-bond donors (Lipinski definition) is 1. The first-order valence-corrected chi connectivity index (χ1v) is 11.6. The molecule has 0 aliphatic carbocycles. The summed E-state index contributed by atoms with van der Waals surface area (Å²) >= 11 is 6.49. The Morgan fingerprint density at radius 1 is 0.719 bits per heavy atom. The zero-order valence-corrected chi connectivity index (χ0v) is 18.9. The minimum Gasteiger partial charge on any atom is -0.389 e. The predicted molar refractivity (Wildman–Crippen MR) is 127 cm³/mol. The molecule has 4 atom stereocenters. The number of halogens is 1. The molecule has 1 fully saturated rings. The Bertz CT molecular complexity index is 923. The van der Waals surface area contributed by atoms with Gasteiger partial charge in [0.05, 0.1) is 25.4 Å². The fraction of sp³-hybridized carbons (Fsp3) is 0.333. The fourth-order valence-electron chi connectivity index (χ4n) is 4.26. The molecule has 0 aromatic heterocycles. The Hall–Kier alpha value is -2.21. The van der Waals surface area contributed by atoms with E-state index in [9.17, 15) is 5.11 Å². The van der Waals surface area contributed by atoms with Crippen LogP contribution >= 0.6 is 11.6 Å². The summed E-state index contributed by atoms with van der Waals surface area (Å²) in [5.74, 6) is 0.393. The number of alkyl halides is 1. The number of benzene rings is 3. The van der Waals surface area contributed by atoms with Crippen molar-refractivity contribution in [2.45, 2.75) is 44.1 Å². The first kappa shape index (κ1) is 23.0. The van der Waals surface area contributed by atoms with Crippen molar-refractivity contribution in [2.24, 2.45) is 0 Å². The topological polar surface area (TPSA) is 41.9 Å². The Morgan fingerprint density at radius 2 is 1.19 bits per heavy atom. The van der Waals surface area contributed by atoms with Gasteiger partial charge in [0.2, 0.25) is 0 Å². The second-order valence-electron chi connectivity index (χ2n) is 8.23. The zero-order chi connectivity index (χ0) is 22.2. The molecule has 1 N–H and O–H groups in total. The maximum atomic E-state index is 11.1. The minimum atomic E-state index is -0.678. The van der Waals surface area contributed by atoms with Crippen LogP contribution in [0.2, 0.25) is 0 Å². The van der Waals surface area contributed by atoms with Gasteiger partial charge in [0.1, 0.15) is 12.2 Å². The van der Waals surface area contributed by atoms with Crippen LogP contribution in [0, 0.1) is 0 Å². The number of ether oxygens (including phenoxy) is 2. The molecule has 1 heterocycles. The number of piperidine rings is 1. The molecule has 0 bridgehead atoms. The number of hydrogen-bond acceptors (Lipinski definition) is 4. The van der Waals surface area contributed by atoms with Crippen LogP contribution in [0.25, 0.3) is 0 Å². The van der Waals surface area contributed by atoms with Crippen molar-refractivity contribution in [3.05, 3.63) is 108 Å². The average Bonchev–Trinajstić information content (AvgIpc) is 2.84. The van der Waals surface area contributed by atoms with Gasteiger partial charge in [-0.3, -0.25) is 4.90 Å². The molecule has 0 saturated carbocycles. The summed E-state index contributed by atoms with van der Waals surface area (Å²) in [6, 6.07) is 30.2. The highest BCUT2D eigenvalue weighted by Crippen LogP contribution is 2.28. The van der Waals surface area contributed by atoms with E-state index in [1.54, 1.807) is 0 Å². The summed E-state index contributed by atoms with van der Waals surface area (Å²) < 4.78 is 12.7. The van der Waals surface area contributed by atoms with Gasteiger partial charge in [-0.1, -0.05) is 91.0 Å². The SMILES string of the molecule is O[C@@H]1CN(Cc2ccccc2)[C@@H](CCl)[C@@H](OCc2ccccc2)[C@@H]1OCc1ccccc1. The highest BCUT2D eigenvalue weighted by atomic mass is 35.5. The van der Waals surface area contributed by atoms with E-state index < -0.39 is 12.2 Å². The molecule has 4 nitrogen and oxygen atoms in total. The molecule has 0 spiro atoms. The molecule has 1 aliphatic heterocycles. The minimum absolute atomic E-state index is 0.0789. The van der Waals surface area contributed by atoms with Crippen LogP contribution in [0.4, 0.5) is 0 Å². The zero-order valence-electron chi connectivity index (χ0n) is 18.1. The van der Waals surface area contributed by atoms with Gasteiger partial charge in [-0.25, -0.2) is 0 Å². The van der Waals surface area contributed by atoms with E-state index in [-0.39, 0.29) is 12.1 Å². The molecule has 3 aromatic carbocycles. The third-order valence-corrected chi connectivity index (χ3v) is 6.25. The van der Waals surface area contributed by atoms with E-state index >= 15 is 0 Å². The fourth-order valence-corrected chi connectivity index (χ4v) is 4.63. The van der Waals surface area contributed by atoms with Crippen LogP contribution in [0.3, 0.4) is 0 Å². The molecule has 168 valence electrons. The van der Waals surface area contributed by atoms with Gasteiger partial charge in [-0.05, 0) is 16.7 Å². The van der Waals surface area contributed by atoms with Crippen LogP contribution in [0.5, 0.6) is 0 Å². The van der Waals surface area contributed by atoms with Gasteiger partial charge in [0.15, 0.2) is 0 Å². The Labute approximate surface area is 195 Å². The molecule has 0 unspecified atom stereocenters. The third kappa shape index (κ3) is 5.97. The van der Waals surface area contributed by atoms with Crippen molar-refractivity contribution in [2.75, 3.05) is 12.4 Å². The van der Waals surface area contributed by atoms with Crippen LogP contribution < -0.4 is 0 Å². The third-order valence-electron chi connectivity index (χ3n) is 5.93. The lowest BCUT2D eigenvalue weighted by Crippen LogP contribution is -2.63. The summed E-state index contributed by atoms with van der Waals surface area (Å²) in [5, 5.41) is 11.1. The highest BCUT2D eigenvalue weighted by molar-refractivity contribution is 6.18. The number of aliphatic hydroxyl groups excluding tert-OH is 1. The molecule has 3 aromatic rings.